The molecule has 0 aromatic heterocycles. The minimum atomic E-state index is -0.388. The third-order valence-corrected chi connectivity index (χ3v) is 3.99. The number of hydrogen-bond acceptors (Lipinski definition) is 3. The van der Waals surface area contributed by atoms with Crippen molar-refractivity contribution in [2.24, 2.45) is 11.7 Å². The third-order valence-electron chi connectivity index (χ3n) is 3.99. The molecule has 0 bridgehead atoms. The summed E-state index contributed by atoms with van der Waals surface area (Å²) in [7, 11) is 0. The van der Waals surface area contributed by atoms with Crippen molar-refractivity contribution in [1.82, 2.24) is 5.32 Å². The predicted octanol–water partition coefficient (Wildman–Crippen LogP) is 3.10. The molecule has 2 amide bonds. The average Bonchev–Trinajstić information content (AvgIpc) is 2.60. The minimum Gasteiger partial charge on any atom is -0.352 e. The van der Waals surface area contributed by atoms with Crippen molar-refractivity contribution in [3.8, 4) is 0 Å². The van der Waals surface area contributed by atoms with Crippen LogP contribution in [0.15, 0.2) is 48.5 Å². The highest BCUT2D eigenvalue weighted by molar-refractivity contribution is 6.04. The third kappa shape index (κ3) is 6.13. The Balaban J connectivity index is 0.00000338. The first-order valence-electron chi connectivity index (χ1n) is 8.06. The van der Waals surface area contributed by atoms with E-state index in [-0.39, 0.29) is 42.0 Å². The first-order chi connectivity index (χ1) is 11.9. The Morgan fingerprint density at radius 2 is 1.62 bits per heavy atom. The standard InChI is InChI=1S/C19H22FN3O2.ClH/c1-12(13(2)21)18(24)22-11-14-3-9-17(10-4-14)23-19(25)15-5-7-16(20)8-6-15;/h3-10,12-13H,11,21H2,1-2H3,(H,22,24)(H,23,25);1H. The molecule has 0 spiro atoms. The number of hydrogen-bond donors (Lipinski definition) is 3. The van der Waals surface area contributed by atoms with Crippen LogP contribution in [-0.2, 0) is 11.3 Å². The minimum absolute atomic E-state index is 0. The lowest BCUT2D eigenvalue weighted by atomic mass is 10.0. The van der Waals surface area contributed by atoms with Crippen LogP contribution in [0.4, 0.5) is 10.1 Å². The molecule has 0 aliphatic rings. The van der Waals surface area contributed by atoms with Gasteiger partial charge in [0.2, 0.25) is 5.91 Å². The summed E-state index contributed by atoms with van der Waals surface area (Å²) in [6, 6.07) is 12.3. The monoisotopic (exact) mass is 379 g/mol. The molecule has 140 valence electrons. The molecule has 2 rings (SSSR count). The van der Waals surface area contributed by atoms with Crippen LogP contribution in [0.1, 0.15) is 29.8 Å². The van der Waals surface area contributed by atoms with Gasteiger partial charge in [-0.3, -0.25) is 9.59 Å². The zero-order valence-electron chi connectivity index (χ0n) is 14.7. The number of carbonyl (C=O) groups is 2. The van der Waals surface area contributed by atoms with E-state index >= 15 is 0 Å². The van der Waals surface area contributed by atoms with Gasteiger partial charge in [-0.05, 0) is 48.9 Å². The van der Waals surface area contributed by atoms with E-state index in [9.17, 15) is 14.0 Å². The first-order valence-corrected chi connectivity index (χ1v) is 8.06. The molecule has 2 unspecified atom stereocenters. The van der Waals surface area contributed by atoms with E-state index in [2.05, 4.69) is 10.6 Å². The molecule has 2 atom stereocenters. The molecule has 5 nitrogen and oxygen atoms in total. The SMILES string of the molecule is CC(N)C(C)C(=O)NCc1ccc(NC(=O)c2ccc(F)cc2)cc1.Cl. The van der Waals surface area contributed by atoms with Gasteiger partial charge in [0.15, 0.2) is 0 Å². The summed E-state index contributed by atoms with van der Waals surface area (Å²) >= 11 is 0. The smallest absolute Gasteiger partial charge is 0.255 e. The molecule has 2 aromatic carbocycles. The Morgan fingerprint density at radius 1 is 1.04 bits per heavy atom. The van der Waals surface area contributed by atoms with E-state index in [1.165, 1.54) is 24.3 Å². The highest BCUT2D eigenvalue weighted by Gasteiger charge is 2.16. The lowest BCUT2D eigenvalue weighted by Crippen LogP contribution is -2.38. The van der Waals surface area contributed by atoms with Gasteiger partial charge in [0.1, 0.15) is 5.82 Å². The molecule has 0 saturated carbocycles. The molecule has 0 fully saturated rings. The molecule has 4 N–H and O–H groups in total. The maximum Gasteiger partial charge on any atom is 0.255 e. The van der Waals surface area contributed by atoms with Crippen molar-refractivity contribution in [2.75, 3.05) is 5.32 Å². The fourth-order valence-corrected chi connectivity index (χ4v) is 2.10. The number of halogens is 2. The number of nitrogens with one attached hydrogen (secondary N) is 2. The van der Waals surface area contributed by atoms with Crippen molar-refractivity contribution in [2.45, 2.75) is 26.4 Å². The van der Waals surface area contributed by atoms with E-state index in [0.717, 1.165) is 5.56 Å². The van der Waals surface area contributed by atoms with Crippen molar-refractivity contribution in [3.63, 3.8) is 0 Å². The lowest BCUT2D eigenvalue weighted by molar-refractivity contribution is -0.125. The second-order valence-corrected chi connectivity index (χ2v) is 6.02. The van der Waals surface area contributed by atoms with Gasteiger partial charge in [0, 0.05) is 29.8 Å². The fourth-order valence-electron chi connectivity index (χ4n) is 2.10. The van der Waals surface area contributed by atoms with Crippen LogP contribution in [0.25, 0.3) is 0 Å². The largest absolute Gasteiger partial charge is 0.352 e. The Morgan fingerprint density at radius 3 is 2.15 bits per heavy atom. The summed E-state index contributed by atoms with van der Waals surface area (Å²) in [4.78, 5) is 23.9. The maximum absolute atomic E-state index is 12.9. The number of carbonyl (C=O) groups excluding carboxylic acids is 2. The molecule has 0 radical (unpaired) electrons. The first kappa shape index (κ1) is 21.6. The van der Waals surface area contributed by atoms with Crippen LogP contribution in [0.2, 0.25) is 0 Å². The average molecular weight is 380 g/mol. The quantitative estimate of drug-likeness (QED) is 0.721. The highest BCUT2D eigenvalue weighted by atomic mass is 35.5. The molecule has 0 aliphatic heterocycles. The van der Waals surface area contributed by atoms with E-state index < -0.39 is 0 Å². The van der Waals surface area contributed by atoms with Gasteiger partial charge in [-0.15, -0.1) is 12.4 Å². The zero-order chi connectivity index (χ0) is 18.4. The summed E-state index contributed by atoms with van der Waals surface area (Å²) < 4.78 is 12.9. The molecule has 0 aliphatic carbocycles. The molecule has 7 heteroatoms. The number of amides is 2. The van der Waals surface area contributed by atoms with Crippen LogP contribution >= 0.6 is 12.4 Å². The summed E-state index contributed by atoms with van der Waals surface area (Å²) in [6.45, 7) is 3.97. The van der Waals surface area contributed by atoms with Crippen LogP contribution in [0.3, 0.4) is 0 Å². The maximum atomic E-state index is 12.9. The number of nitrogens with two attached hydrogens (primary N) is 1. The van der Waals surface area contributed by atoms with Crippen LogP contribution in [0.5, 0.6) is 0 Å². The predicted molar refractivity (Wildman–Crippen MR) is 103 cm³/mol. The van der Waals surface area contributed by atoms with Gasteiger partial charge in [0.05, 0.1) is 0 Å². The Kier molecular flexibility index (Phi) is 8.22. The lowest BCUT2D eigenvalue weighted by Gasteiger charge is -2.15. The van der Waals surface area contributed by atoms with Crippen molar-refractivity contribution >= 4 is 29.9 Å². The Hall–Kier alpha value is -2.44. The van der Waals surface area contributed by atoms with Gasteiger partial charge in [0.25, 0.3) is 5.91 Å². The molecular weight excluding hydrogens is 357 g/mol. The van der Waals surface area contributed by atoms with Crippen LogP contribution in [-0.4, -0.2) is 17.9 Å². The van der Waals surface area contributed by atoms with Gasteiger partial charge in [-0.2, -0.15) is 0 Å². The highest BCUT2D eigenvalue weighted by Crippen LogP contribution is 2.12. The summed E-state index contributed by atoms with van der Waals surface area (Å²) in [6.07, 6.45) is 0. The summed E-state index contributed by atoms with van der Waals surface area (Å²) in [5, 5.41) is 5.57. The number of rotatable bonds is 6. The fraction of sp³-hybridized carbons (Fsp3) is 0.263. The molecule has 26 heavy (non-hydrogen) atoms. The number of anilines is 1. The molecular formula is C19H23ClFN3O2. The summed E-state index contributed by atoms with van der Waals surface area (Å²) in [5.41, 5.74) is 7.61. The van der Waals surface area contributed by atoms with E-state index in [1.54, 1.807) is 26.0 Å². The van der Waals surface area contributed by atoms with Crippen molar-refractivity contribution < 1.29 is 14.0 Å². The summed E-state index contributed by atoms with van der Waals surface area (Å²) in [5.74, 6) is -1.05. The zero-order valence-corrected chi connectivity index (χ0v) is 15.5. The van der Waals surface area contributed by atoms with Crippen molar-refractivity contribution in [3.05, 3.63) is 65.5 Å². The van der Waals surface area contributed by atoms with E-state index in [0.29, 0.717) is 17.8 Å². The molecule has 0 heterocycles. The van der Waals surface area contributed by atoms with Crippen molar-refractivity contribution in [1.29, 1.82) is 0 Å². The van der Waals surface area contributed by atoms with Gasteiger partial charge in [-0.1, -0.05) is 19.1 Å². The second-order valence-electron chi connectivity index (χ2n) is 6.02. The van der Waals surface area contributed by atoms with Crippen LogP contribution < -0.4 is 16.4 Å². The number of benzene rings is 2. The Bertz CT molecular complexity index is 733. The normalized spacial score (nSPS) is 12.5. The second kappa shape index (κ2) is 9.89. The van der Waals surface area contributed by atoms with E-state index in [4.69, 9.17) is 5.73 Å². The van der Waals surface area contributed by atoms with Gasteiger partial charge < -0.3 is 16.4 Å². The van der Waals surface area contributed by atoms with Gasteiger partial charge >= 0.3 is 0 Å². The topological polar surface area (TPSA) is 84.2 Å². The van der Waals surface area contributed by atoms with Gasteiger partial charge in [-0.25, -0.2) is 4.39 Å². The van der Waals surface area contributed by atoms with E-state index in [1.807, 2.05) is 12.1 Å². The molecule has 2 aromatic rings. The molecule has 0 saturated heterocycles. The Labute approximate surface area is 158 Å². The van der Waals surface area contributed by atoms with Crippen LogP contribution in [0, 0.1) is 11.7 Å².